The van der Waals surface area contributed by atoms with Crippen LogP contribution in [0.5, 0.6) is 0 Å². The van der Waals surface area contributed by atoms with Crippen LogP contribution in [0.3, 0.4) is 0 Å². The third-order valence-corrected chi connectivity index (χ3v) is 3.16. The molecule has 76 valence electrons. The van der Waals surface area contributed by atoms with Crippen molar-refractivity contribution in [2.45, 2.75) is 0 Å². The van der Waals surface area contributed by atoms with Gasteiger partial charge in [0, 0.05) is 22.8 Å². The summed E-state index contributed by atoms with van der Waals surface area (Å²) in [5, 5.41) is 0. The maximum absolute atomic E-state index is 10.9. The number of carbonyl (C=O) groups is 1. The summed E-state index contributed by atoms with van der Waals surface area (Å²) < 4.78 is 0.703. The molecule has 0 aliphatic rings. The molecule has 0 fully saturated rings. The van der Waals surface area contributed by atoms with Gasteiger partial charge in [-0.05, 0) is 18.2 Å². The molecule has 2 aromatic heterocycles. The summed E-state index contributed by atoms with van der Waals surface area (Å²) in [6, 6.07) is 5.39. The van der Waals surface area contributed by atoms with Crippen LogP contribution in [0.2, 0.25) is 4.34 Å². The molecule has 15 heavy (non-hydrogen) atoms. The van der Waals surface area contributed by atoms with Gasteiger partial charge in [0.1, 0.15) is 0 Å². The molecule has 0 aliphatic heterocycles. The van der Waals surface area contributed by atoms with E-state index >= 15 is 0 Å². The number of primary amides is 1. The minimum Gasteiger partial charge on any atom is -0.366 e. The van der Waals surface area contributed by atoms with Crippen molar-refractivity contribution in [2.24, 2.45) is 5.73 Å². The fourth-order valence-electron chi connectivity index (χ4n) is 1.18. The second kappa shape index (κ2) is 4.00. The van der Waals surface area contributed by atoms with Gasteiger partial charge in [-0.15, -0.1) is 11.3 Å². The molecule has 5 heteroatoms. The maximum Gasteiger partial charge on any atom is 0.250 e. The number of hydrogen-bond acceptors (Lipinski definition) is 3. The van der Waals surface area contributed by atoms with E-state index in [1.165, 1.54) is 17.5 Å². The highest BCUT2D eigenvalue weighted by Gasteiger charge is 2.05. The van der Waals surface area contributed by atoms with E-state index in [1.807, 2.05) is 6.07 Å². The number of halogens is 1. The smallest absolute Gasteiger partial charge is 0.250 e. The van der Waals surface area contributed by atoms with Gasteiger partial charge < -0.3 is 5.73 Å². The van der Waals surface area contributed by atoms with Crippen molar-refractivity contribution in [3.05, 3.63) is 40.5 Å². The number of hydrogen-bond donors (Lipinski definition) is 1. The van der Waals surface area contributed by atoms with Crippen LogP contribution in [0.1, 0.15) is 10.4 Å². The van der Waals surface area contributed by atoms with E-state index in [2.05, 4.69) is 4.98 Å². The predicted octanol–water partition coefficient (Wildman–Crippen LogP) is 2.56. The van der Waals surface area contributed by atoms with Crippen molar-refractivity contribution >= 4 is 28.8 Å². The molecule has 3 nitrogen and oxygen atoms in total. The van der Waals surface area contributed by atoms with Crippen LogP contribution in [0.4, 0.5) is 0 Å². The third kappa shape index (κ3) is 2.16. The van der Waals surface area contributed by atoms with E-state index in [1.54, 1.807) is 18.3 Å². The molecule has 0 aliphatic carbocycles. The Morgan fingerprint density at radius 1 is 1.40 bits per heavy atom. The average molecular weight is 239 g/mol. The van der Waals surface area contributed by atoms with Crippen LogP contribution in [0, 0.1) is 0 Å². The Balaban J connectivity index is 2.45. The average Bonchev–Trinajstić information content (AvgIpc) is 2.65. The lowest BCUT2D eigenvalue weighted by Gasteiger charge is -1.98. The summed E-state index contributed by atoms with van der Waals surface area (Å²) in [6.07, 6.45) is 3.12. The molecule has 0 unspecified atom stereocenters. The molecule has 0 saturated carbocycles. The predicted molar refractivity (Wildman–Crippen MR) is 61.1 cm³/mol. The number of nitrogens with two attached hydrogens (primary N) is 1. The van der Waals surface area contributed by atoms with Crippen LogP contribution in [0.15, 0.2) is 30.6 Å². The first-order valence-corrected chi connectivity index (χ1v) is 5.37. The Hall–Kier alpha value is -1.39. The fourth-order valence-corrected chi connectivity index (χ4v) is 2.20. The van der Waals surface area contributed by atoms with Crippen molar-refractivity contribution in [1.82, 2.24) is 4.98 Å². The zero-order valence-electron chi connectivity index (χ0n) is 7.61. The summed E-state index contributed by atoms with van der Waals surface area (Å²) in [6.45, 7) is 0. The largest absolute Gasteiger partial charge is 0.366 e. The van der Waals surface area contributed by atoms with Gasteiger partial charge in [-0.2, -0.15) is 0 Å². The van der Waals surface area contributed by atoms with Crippen molar-refractivity contribution in [3.63, 3.8) is 0 Å². The number of aromatic nitrogens is 1. The van der Waals surface area contributed by atoms with Gasteiger partial charge in [0.2, 0.25) is 5.91 Å². The SMILES string of the molecule is NC(=O)c1cncc(-c2ccc(Cl)s2)c1. The molecule has 2 aromatic rings. The van der Waals surface area contributed by atoms with E-state index in [0.29, 0.717) is 9.90 Å². The molecule has 0 radical (unpaired) electrons. The lowest BCUT2D eigenvalue weighted by Crippen LogP contribution is -2.11. The van der Waals surface area contributed by atoms with Gasteiger partial charge in [-0.1, -0.05) is 11.6 Å². The van der Waals surface area contributed by atoms with Crippen LogP contribution < -0.4 is 5.73 Å². The number of carbonyl (C=O) groups excluding carboxylic acids is 1. The Kier molecular flexibility index (Phi) is 2.70. The molecule has 2 rings (SSSR count). The number of nitrogens with zero attached hydrogens (tertiary/aromatic N) is 1. The number of rotatable bonds is 2. The Bertz CT molecular complexity index is 510. The van der Waals surface area contributed by atoms with Crippen LogP contribution >= 0.6 is 22.9 Å². The number of amides is 1. The van der Waals surface area contributed by atoms with E-state index < -0.39 is 5.91 Å². The summed E-state index contributed by atoms with van der Waals surface area (Å²) in [7, 11) is 0. The molecule has 2 heterocycles. The van der Waals surface area contributed by atoms with Crippen LogP contribution in [0.25, 0.3) is 10.4 Å². The second-order valence-corrected chi connectivity index (χ2v) is 4.65. The lowest BCUT2D eigenvalue weighted by molar-refractivity contribution is 0.1000. The zero-order valence-corrected chi connectivity index (χ0v) is 9.18. The van der Waals surface area contributed by atoms with Crippen LogP contribution in [-0.4, -0.2) is 10.9 Å². The first-order chi connectivity index (χ1) is 7.16. The van der Waals surface area contributed by atoms with E-state index in [0.717, 1.165) is 10.4 Å². The minimum absolute atomic E-state index is 0.400. The van der Waals surface area contributed by atoms with Crippen LogP contribution in [-0.2, 0) is 0 Å². The maximum atomic E-state index is 10.9. The lowest BCUT2D eigenvalue weighted by atomic mass is 10.2. The summed E-state index contributed by atoms with van der Waals surface area (Å²) in [5.41, 5.74) is 6.41. The van der Waals surface area contributed by atoms with E-state index in [4.69, 9.17) is 17.3 Å². The molecular formula is C10H7ClN2OS. The van der Waals surface area contributed by atoms with Crippen molar-refractivity contribution in [3.8, 4) is 10.4 Å². The Labute approximate surface area is 95.5 Å². The zero-order chi connectivity index (χ0) is 10.8. The number of thiophene rings is 1. The molecule has 0 aromatic carbocycles. The van der Waals surface area contributed by atoms with Gasteiger partial charge in [-0.25, -0.2) is 0 Å². The Morgan fingerprint density at radius 2 is 2.20 bits per heavy atom. The Morgan fingerprint density at radius 3 is 2.80 bits per heavy atom. The molecule has 2 N–H and O–H groups in total. The number of pyridine rings is 1. The fraction of sp³-hybridized carbons (Fsp3) is 0. The van der Waals surface area contributed by atoms with Gasteiger partial charge in [0.25, 0.3) is 0 Å². The summed E-state index contributed by atoms with van der Waals surface area (Å²) >= 11 is 7.25. The molecule has 0 saturated heterocycles. The topological polar surface area (TPSA) is 56.0 Å². The molecule has 1 amide bonds. The normalized spacial score (nSPS) is 10.2. The van der Waals surface area contributed by atoms with Crippen molar-refractivity contribution in [1.29, 1.82) is 0 Å². The third-order valence-electron chi connectivity index (χ3n) is 1.88. The monoisotopic (exact) mass is 238 g/mol. The highest BCUT2D eigenvalue weighted by Crippen LogP contribution is 2.30. The molecule has 0 spiro atoms. The van der Waals surface area contributed by atoms with Crippen molar-refractivity contribution in [2.75, 3.05) is 0 Å². The van der Waals surface area contributed by atoms with E-state index in [9.17, 15) is 4.79 Å². The van der Waals surface area contributed by atoms with E-state index in [-0.39, 0.29) is 0 Å². The second-order valence-electron chi connectivity index (χ2n) is 2.93. The van der Waals surface area contributed by atoms with Gasteiger partial charge >= 0.3 is 0 Å². The summed E-state index contributed by atoms with van der Waals surface area (Å²) in [4.78, 5) is 15.9. The summed E-state index contributed by atoms with van der Waals surface area (Å²) in [5.74, 6) is -0.480. The highest BCUT2D eigenvalue weighted by molar-refractivity contribution is 7.19. The van der Waals surface area contributed by atoms with Gasteiger partial charge in [0.05, 0.1) is 9.90 Å². The standard InChI is InChI=1S/C10H7ClN2OS/c11-9-2-1-8(15-9)6-3-7(10(12)14)5-13-4-6/h1-5H,(H2,12,14). The van der Waals surface area contributed by atoms with Gasteiger partial charge in [0.15, 0.2) is 0 Å². The quantitative estimate of drug-likeness (QED) is 0.874. The molecule has 0 atom stereocenters. The van der Waals surface area contributed by atoms with Gasteiger partial charge in [-0.3, -0.25) is 9.78 Å². The minimum atomic E-state index is -0.480. The highest BCUT2D eigenvalue weighted by atomic mass is 35.5. The molecule has 0 bridgehead atoms. The van der Waals surface area contributed by atoms with Crippen molar-refractivity contribution < 1.29 is 4.79 Å². The first-order valence-electron chi connectivity index (χ1n) is 4.17. The first kappa shape index (κ1) is 10.1. The molecular weight excluding hydrogens is 232 g/mol.